The van der Waals surface area contributed by atoms with Crippen molar-refractivity contribution in [3.05, 3.63) is 23.0 Å². The fourth-order valence-electron chi connectivity index (χ4n) is 4.12. The average Bonchev–Trinajstić information content (AvgIpc) is 3.35. The van der Waals surface area contributed by atoms with Crippen LogP contribution in [0.3, 0.4) is 0 Å². The second kappa shape index (κ2) is 7.22. The maximum absolute atomic E-state index is 12.4. The summed E-state index contributed by atoms with van der Waals surface area (Å²) in [5.74, 6) is 0.482. The Morgan fingerprint density at radius 3 is 2.60 bits per heavy atom. The Labute approximate surface area is 150 Å². The van der Waals surface area contributed by atoms with Crippen LogP contribution in [0.1, 0.15) is 73.7 Å². The van der Waals surface area contributed by atoms with E-state index in [0.717, 1.165) is 24.2 Å². The number of aryl methyl sites for hydroxylation is 1. The molecule has 3 atom stereocenters. The fourth-order valence-corrected chi connectivity index (χ4v) is 4.12. The van der Waals surface area contributed by atoms with Crippen molar-refractivity contribution >= 4 is 11.9 Å². The lowest BCUT2D eigenvalue weighted by Gasteiger charge is -2.34. The summed E-state index contributed by atoms with van der Waals surface area (Å²) in [5.41, 5.74) is 2.61. The zero-order valence-corrected chi connectivity index (χ0v) is 15.8. The highest BCUT2D eigenvalue weighted by Gasteiger charge is 2.30. The zero-order valence-electron chi connectivity index (χ0n) is 15.8. The van der Waals surface area contributed by atoms with Gasteiger partial charge in [-0.25, -0.2) is 4.79 Å². The molecule has 2 aliphatic carbocycles. The summed E-state index contributed by atoms with van der Waals surface area (Å²) in [7, 11) is 0. The number of hydrogen-bond acceptors (Lipinski definition) is 3. The van der Waals surface area contributed by atoms with E-state index < -0.39 is 5.97 Å². The van der Waals surface area contributed by atoms with Crippen LogP contribution in [-0.4, -0.2) is 29.1 Å². The topological polar surface area (TPSA) is 60.3 Å². The molecular formula is C20H30N2O3. The second-order valence-electron chi connectivity index (χ2n) is 7.90. The minimum absolute atomic E-state index is 0.190. The van der Waals surface area contributed by atoms with Gasteiger partial charge in [0.25, 0.3) is 5.91 Å². The molecule has 1 amide bonds. The summed E-state index contributed by atoms with van der Waals surface area (Å²) >= 11 is 0. The largest absolute Gasteiger partial charge is 0.452 e. The molecule has 0 bridgehead atoms. The molecular weight excluding hydrogens is 316 g/mol. The highest BCUT2D eigenvalue weighted by atomic mass is 16.5. The van der Waals surface area contributed by atoms with Crippen molar-refractivity contribution in [2.24, 2.45) is 11.8 Å². The van der Waals surface area contributed by atoms with Gasteiger partial charge < -0.3 is 14.6 Å². The number of esters is 1. The number of nitrogens with zero attached hydrogens (tertiary/aromatic N) is 1. The lowest BCUT2D eigenvalue weighted by Crippen LogP contribution is -2.45. The number of ether oxygens (including phenoxy) is 1. The Balaban J connectivity index is 1.54. The molecule has 0 aliphatic heterocycles. The van der Waals surface area contributed by atoms with Gasteiger partial charge in [-0.15, -0.1) is 0 Å². The van der Waals surface area contributed by atoms with Gasteiger partial charge in [0.1, 0.15) is 0 Å². The number of rotatable bonds is 5. The van der Waals surface area contributed by atoms with E-state index >= 15 is 0 Å². The predicted molar refractivity (Wildman–Crippen MR) is 96.6 cm³/mol. The highest BCUT2D eigenvalue weighted by molar-refractivity contribution is 5.92. The SMILES string of the molecule is Cc1cc(C(=O)OCC(=O)NC2CCCC(C)C2C)c(C)n1C1CC1. The Morgan fingerprint density at radius 2 is 1.92 bits per heavy atom. The first kappa shape index (κ1) is 18.0. The van der Waals surface area contributed by atoms with Crippen molar-refractivity contribution < 1.29 is 14.3 Å². The molecule has 0 aromatic carbocycles. The van der Waals surface area contributed by atoms with Crippen LogP contribution >= 0.6 is 0 Å². The molecule has 2 saturated carbocycles. The maximum atomic E-state index is 12.4. The molecule has 138 valence electrons. The van der Waals surface area contributed by atoms with Gasteiger partial charge in [0, 0.05) is 23.5 Å². The standard InChI is InChI=1S/C20H30N2O3/c1-12-6-5-7-18(14(12)3)21-19(23)11-25-20(24)17-10-13(2)22(15(17)4)16-8-9-16/h10,12,14,16,18H,5-9,11H2,1-4H3,(H,21,23). The van der Waals surface area contributed by atoms with Crippen molar-refractivity contribution in [2.45, 2.75) is 71.9 Å². The van der Waals surface area contributed by atoms with Gasteiger partial charge in [0.2, 0.25) is 0 Å². The van der Waals surface area contributed by atoms with Crippen LogP contribution in [0.2, 0.25) is 0 Å². The van der Waals surface area contributed by atoms with Crippen molar-refractivity contribution in [3.63, 3.8) is 0 Å². The van der Waals surface area contributed by atoms with Crippen molar-refractivity contribution in [3.8, 4) is 0 Å². The van der Waals surface area contributed by atoms with Crippen LogP contribution in [0.15, 0.2) is 6.07 Å². The first-order valence-corrected chi connectivity index (χ1v) is 9.53. The summed E-state index contributed by atoms with van der Waals surface area (Å²) in [6.45, 7) is 8.18. The second-order valence-corrected chi connectivity index (χ2v) is 7.90. The van der Waals surface area contributed by atoms with E-state index in [2.05, 4.69) is 23.7 Å². The summed E-state index contributed by atoms with van der Waals surface area (Å²) < 4.78 is 7.49. The van der Waals surface area contributed by atoms with Crippen LogP contribution < -0.4 is 5.32 Å². The third-order valence-corrected chi connectivity index (χ3v) is 6.00. The van der Waals surface area contributed by atoms with E-state index in [1.165, 1.54) is 19.3 Å². The maximum Gasteiger partial charge on any atom is 0.340 e. The normalized spacial score (nSPS) is 26.3. The van der Waals surface area contributed by atoms with Crippen molar-refractivity contribution in [1.29, 1.82) is 0 Å². The molecule has 0 radical (unpaired) electrons. The van der Waals surface area contributed by atoms with E-state index in [4.69, 9.17) is 4.74 Å². The quantitative estimate of drug-likeness (QED) is 0.830. The summed E-state index contributed by atoms with van der Waals surface area (Å²) in [6, 6.07) is 2.59. The van der Waals surface area contributed by atoms with E-state index in [1.807, 2.05) is 19.9 Å². The number of nitrogens with one attached hydrogen (secondary N) is 1. The first-order chi connectivity index (χ1) is 11.9. The predicted octanol–water partition coefficient (Wildman–Crippen LogP) is 3.54. The van der Waals surface area contributed by atoms with Crippen LogP contribution in [-0.2, 0) is 9.53 Å². The van der Waals surface area contributed by atoms with E-state index in [1.54, 1.807) is 0 Å². The molecule has 0 spiro atoms. The van der Waals surface area contributed by atoms with Gasteiger partial charge in [0.15, 0.2) is 6.61 Å². The van der Waals surface area contributed by atoms with Gasteiger partial charge in [-0.2, -0.15) is 0 Å². The Kier molecular flexibility index (Phi) is 5.21. The molecule has 2 aliphatic rings. The van der Waals surface area contributed by atoms with Crippen LogP contribution in [0, 0.1) is 25.7 Å². The van der Waals surface area contributed by atoms with Gasteiger partial charge in [-0.1, -0.05) is 26.7 Å². The number of carbonyl (C=O) groups is 2. The van der Waals surface area contributed by atoms with E-state index in [-0.39, 0.29) is 18.6 Å². The van der Waals surface area contributed by atoms with E-state index in [9.17, 15) is 9.59 Å². The van der Waals surface area contributed by atoms with Gasteiger partial charge in [-0.05, 0) is 51.0 Å². The average molecular weight is 346 g/mol. The van der Waals surface area contributed by atoms with Crippen LogP contribution in [0.5, 0.6) is 0 Å². The smallest absolute Gasteiger partial charge is 0.340 e. The number of aromatic nitrogens is 1. The van der Waals surface area contributed by atoms with E-state index in [0.29, 0.717) is 23.4 Å². The number of amides is 1. The Morgan fingerprint density at radius 1 is 1.20 bits per heavy atom. The molecule has 3 rings (SSSR count). The molecule has 0 saturated heterocycles. The molecule has 1 N–H and O–H groups in total. The minimum Gasteiger partial charge on any atom is -0.452 e. The zero-order chi connectivity index (χ0) is 18.1. The molecule has 1 aromatic rings. The van der Waals surface area contributed by atoms with Gasteiger partial charge >= 0.3 is 5.97 Å². The van der Waals surface area contributed by atoms with Gasteiger partial charge in [0.05, 0.1) is 5.56 Å². The Bertz CT molecular complexity index is 660. The van der Waals surface area contributed by atoms with Crippen LogP contribution in [0.4, 0.5) is 0 Å². The van der Waals surface area contributed by atoms with Crippen molar-refractivity contribution in [1.82, 2.24) is 9.88 Å². The highest BCUT2D eigenvalue weighted by Crippen LogP contribution is 2.38. The van der Waals surface area contributed by atoms with Gasteiger partial charge in [-0.3, -0.25) is 4.79 Å². The molecule has 5 nitrogen and oxygen atoms in total. The lowest BCUT2D eigenvalue weighted by atomic mass is 9.78. The Hall–Kier alpha value is -1.78. The minimum atomic E-state index is -0.403. The number of hydrogen-bond donors (Lipinski definition) is 1. The summed E-state index contributed by atoms with van der Waals surface area (Å²) in [4.78, 5) is 24.6. The van der Waals surface area contributed by atoms with Crippen LogP contribution in [0.25, 0.3) is 0 Å². The number of carbonyl (C=O) groups excluding carboxylic acids is 2. The molecule has 25 heavy (non-hydrogen) atoms. The molecule has 3 unspecified atom stereocenters. The van der Waals surface area contributed by atoms with Crippen molar-refractivity contribution in [2.75, 3.05) is 6.61 Å². The monoisotopic (exact) mass is 346 g/mol. The molecule has 5 heteroatoms. The summed E-state index contributed by atoms with van der Waals surface area (Å²) in [5, 5.41) is 3.04. The fraction of sp³-hybridized carbons (Fsp3) is 0.700. The third kappa shape index (κ3) is 3.91. The lowest BCUT2D eigenvalue weighted by molar-refractivity contribution is -0.125. The molecule has 1 heterocycles. The summed E-state index contributed by atoms with van der Waals surface area (Å²) in [6.07, 6.45) is 5.72. The molecule has 2 fully saturated rings. The third-order valence-electron chi connectivity index (χ3n) is 6.00. The molecule has 1 aromatic heterocycles. The first-order valence-electron chi connectivity index (χ1n) is 9.53.